The van der Waals surface area contributed by atoms with Crippen molar-refractivity contribution in [3.63, 3.8) is 0 Å². The second-order valence-electron chi connectivity index (χ2n) is 4.26. The second-order valence-corrected chi connectivity index (χ2v) is 4.26. The molecule has 2 aliphatic rings. The topological polar surface area (TPSA) is 41.1 Å². The van der Waals surface area contributed by atoms with Crippen molar-refractivity contribution in [3.05, 3.63) is 0 Å². The third kappa shape index (κ3) is 1.17. The normalized spacial score (nSPS) is 47.1. The van der Waals surface area contributed by atoms with E-state index < -0.39 is 0 Å². The lowest BCUT2D eigenvalue weighted by Gasteiger charge is -2.36. The summed E-state index contributed by atoms with van der Waals surface area (Å²) in [5.74, 6) is 0. The Morgan fingerprint density at radius 1 is 1.58 bits per heavy atom. The van der Waals surface area contributed by atoms with Gasteiger partial charge in [-0.25, -0.2) is 0 Å². The molecule has 0 spiro atoms. The molecule has 3 unspecified atom stereocenters. The SMILES string of the molecule is CC12CCCNC1NC(C=O)C2. The van der Waals surface area contributed by atoms with Crippen LogP contribution in [0.5, 0.6) is 0 Å². The van der Waals surface area contributed by atoms with Crippen LogP contribution < -0.4 is 10.6 Å². The zero-order chi connectivity index (χ0) is 8.60. The Balaban J connectivity index is 2.10. The van der Waals surface area contributed by atoms with Crippen LogP contribution in [-0.2, 0) is 4.79 Å². The average molecular weight is 168 g/mol. The molecule has 2 saturated heterocycles. The maximum atomic E-state index is 10.6. The summed E-state index contributed by atoms with van der Waals surface area (Å²) in [6, 6.07) is 0.0746. The number of carbonyl (C=O) groups excluding carboxylic acids is 1. The fourth-order valence-corrected chi connectivity index (χ4v) is 2.47. The Labute approximate surface area is 72.9 Å². The summed E-state index contributed by atoms with van der Waals surface area (Å²) in [6.45, 7) is 3.35. The van der Waals surface area contributed by atoms with E-state index in [1.54, 1.807) is 0 Å². The van der Waals surface area contributed by atoms with Gasteiger partial charge < -0.3 is 10.1 Å². The Morgan fingerprint density at radius 2 is 2.42 bits per heavy atom. The third-order valence-electron chi connectivity index (χ3n) is 3.20. The van der Waals surface area contributed by atoms with E-state index in [0.29, 0.717) is 11.6 Å². The standard InChI is InChI=1S/C9H16N2O/c1-9-3-2-4-10-8(9)11-7(5-9)6-12/h6-8,10-11H,2-5H2,1H3. The first-order valence-corrected chi connectivity index (χ1v) is 4.69. The summed E-state index contributed by atoms with van der Waals surface area (Å²) < 4.78 is 0. The fraction of sp³-hybridized carbons (Fsp3) is 0.889. The van der Waals surface area contributed by atoms with Gasteiger partial charge in [0.15, 0.2) is 0 Å². The first kappa shape index (κ1) is 8.20. The molecule has 2 heterocycles. The van der Waals surface area contributed by atoms with Gasteiger partial charge in [0.1, 0.15) is 6.29 Å². The third-order valence-corrected chi connectivity index (χ3v) is 3.20. The van der Waals surface area contributed by atoms with E-state index in [1.165, 1.54) is 12.8 Å². The van der Waals surface area contributed by atoms with Crippen LogP contribution in [0.2, 0.25) is 0 Å². The van der Waals surface area contributed by atoms with Gasteiger partial charge >= 0.3 is 0 Å². The molecule has 0 aromatic carbocycles. The molecule has 0 aromatic heterocycles. The number of hydrogen-bond acceptors (Lipinski definition) is 3. The monoisotopic (exact) mass is 168 g/mol. The molecule has 0 aliphatic carbocycles. The minimum atomic E-state index is 0.0746. The van der Waals surface area contributed by atoms with Crippen molar-refractivity contribution in [3.8, 4) is 0 Å². The van der Waals surface area contributed by atoms with E-state index in [9.17, 15) is 4.79 Å². The Morgan fingerprint density at radius 3 is 3.08 bits per heavy atom. The van der Waals surface area contributed by atoms with Crippen LogP contribution in [0, 0.1) is 5.41 Å². The van der Waals surface area contributed by atoms with Gasteiger partial charge in [-0.05, 0) is 31.2 Å². The lowest BCUT2D eigenvalue weighted by Crippen LogP contribution is -2.51. The average Bonchev–Trinajstić information content (AvgIpc) is 2.41. The molecule has 2 aliphatic heterocycles. The van der Waals surface area contributed by atoms with Gasteiger partial charge in [0.05, 0.1) is 12.2 Å². The lowest BCUT2D eigenvalue weighted by atomic mass is 9.79. The van der Waals surface area contributed by atoms with E-state index >= 15 is 0 Å². The molecule has 3 nitrogen and oxygen atoms in total. The van der Waals surface area contributed by atoms with Gasteiger partial charge in [-0.3, -0.25) is 5.32 Å². The minimum Gasteiger partial charge on any atom is -0.302 e. The smallest absolute Gasteiger partial charge is 0.136 e. The van der Waals surface area contributed by atoms with E-state index in [-0.39, 0.29) is 6.04 Å². The number of carbonyl (C=O) groups is 1. The number of aldehydes is 1. The van der Waals surface area contributed by atoms with Gasteiger partial charge in [0.2, 0.25) is 0 Å². The largest absolute Gasteiger partial charge is 0.302 e. The van der Waals surface area contributed by atoms with Crippen molar-refractivity contribution in [1.82, 2.24) is 10.6 Å². The molecule has 2 rings (SSSR count). The van der Waals surface area contributed by atoms with Crippen molar-refractivity contribution >= 4 is 6.29 Å². The molecule has 0 saturated carbocycles. The van der Waals surface area contributed by atoms with E-state index in [1.807, 2.05) is 0 Å². The Hall–Kier alpha value is -0.410. The van der Waals surface area contributed by atoms with Gasteiger partial charge in [-0.2, -0.15) is 0 Å². The maximum absolute atomic E-state index is 10.6. The van der Waals surface area contributed by atoms with Gasteiger partial charge in [0.25, 0.3) is 0 Å². The highest BCUT2D eigenvalue weighted by atomic mass is 16.1. The first-order chi connectivity index (χ1) is 5.74. The van der Waals surface area contributed by atoms with Crippen LogP contribution >= 0.6 is 0 Å². The van der Waals surface area contributed by atoms with Crippen LogP contribution in [0.25, 0.3) is 0 Å². The summed E-state index contributed by atoms with van der Waals surface area (Å²) in [4.78, 5) is 10.6. The van der Waals surface area contributed by atoms with E-state index in [4.69, 9.17) is 0 Å². The molecule has 0 bridgehead atoms. The lowest BCUT2D eigenvalue weighted by molar-refractivity contribution is -0.109. The predicted molar refractivity (Wildman–Crippen MR) is 46.7 cm³/mol. The number of piperidine rings is 1. The van der Waals surface area contributed by atoms with Crippen LogP contribution in [0.1, 0.15) is 26.2 Å². The van der Waals surface area contributed by atoms with Gasteiger partial charge in [-0.1, -0.05) is 6.92 Å². The molecule has 2 fully saturated rings. The molecular weight excluding hydrogens is 152 g/mol. The molecule has 12 heavy (non-hydrogen) atoms. The molecular formula is C9H16N2O. The highest BCUT2D eigenvalue weighted by Crippen LogP contribution is 2.38. The molecule has 0 radical (unpaired) electrons. The molecule has 0 aromatic rings. The Kier molecular flexibility index (Phi) is 1.93. The summed E-state index contributed by atoms with van der Waals surface area (Å²) in [6.07, 6.45) is 4.86. The zero-order valence-electron chi connectivity index (χ0n) is 7.47. The van der Waals surface area contributed by atoms with Crippen molar-refractivity contribution in [2.24, 2.45) is 5.41 Å². The zero-order valence-corrected chi connectivity index (χ0v) is 7.47. The Bertz CT molecular complexity index is 195. The van der Waals surface area contributed by atoms with Gasteiger partial charge in [0, 0.05) is 0 Å². The van der Waals surface area contributed by atoms with Crippen LogP contribution in [0.3, 0.4) is 0 Å². The number of nitrogens with one attached hydrogen (secondary N) is 2. The quantitative estimate of drug-likeness (QED) is 0.552. The van der Waals surface area contributed by atoms with Crippen molar-refractivity contribution in [2.75, 3.05) is 6.54 Å². The highest BCUT2D eigenvalue weighted by Gasteiger charge is 2.44. The fourth-order valence-electron chi connectivity index (χ4n) is 2.47. The van der Waals surface area contributed by atoms with Crippen molar-refractivity contribution in [2.45, 2.75) is 38.4 Å². The number of rotatable bonds is 1. The highest BCUT2D eigenvalue weighted by molar-refractivity contribution is 5.58. The molecule has 0 amide bonds. The van der Waals surface area contributed by atoms with Crippen molar-refractivity contribution < 1.29 is 4.79 Å². The summed E-state index contributed by atoms with van der Waals surface area (Å²) in [5.41, 5.74) is 0.309. The first-order valence-electron chi connectivity index (χ1n) is 4.69. The van der Waals surface area contributed by atoms with E-state index in [0.717, 1.165) is 19.3 Å². The maximum Gasteiger partial charge on any atom is 0.136 e. The molecule has 3 heteroatoms. The van der Waals surface area contributed by atoms with Crippen LogP contribution in [0.4, 0.5) is 0 Å². The summed E-state index contributed by atoms with van der Waals surface area (Å²) in [7, 11) is 0. The van der Waals surface area contributed by atoms with Crippen molar-refractivity contribution in [1.29, 1.82) is 0 Å². The molecule has 68 valence electrons. The van der Waals surface area contributed by atoms with Crippen LogP contribution in [-0.4, -0.2) is 25.0 Å². The van der Waals surface area contributed by atoms with E-state index in [2.05, 4.69) is 17.6 Å². The van der Waals surface area contributed by atoms with Crippen LogP contribution in [0.15, 0.2) is 0 Å². The number of hydrogen-bond donors (Lipinski definition) is 2. The minimum absolute atomic E-state index is 0.0746. The second kappa shape index (κ2) is 2.82. The summed E-state index contributed by atoms with van der Waals surface area (Å²) in [5, 5.41) is 6.72. The summed E-state index contributed by atoms with van der Waals surface area (Å²) >= 11 is 0. The molecule has 2 N–H and O–H groups in total. The molecule has 3 atom stereocenters. The predicted octanol–water partition coefficient (Wildman–Crippen LogP) is 0.263. The number of fused-ring (bicyclic) bond motifs is 1. The van der Waals surface area contributed by atoms with Gasteiger partial charge in [-0.15, -0.1) is 0 Å².